The van der Waals surface area contributed by atoms with Crippen LogP contribution >= 0.6 is 0 Å². The number of benzene rings is 6. The van der Waals surface area contributed by atoms with Gasteiger partial charge in [-0.15, -0.1) is 0 Å². The minimum absolute atomic E-state index is 0.745. The lowest BCUT2D eigenvalue weighted by atomic mass is 9.60. The normalized spacial score (nSPS) is 13.5. The van der Waals surface area contributed by atoms with E-state index in [1.165, 1.54) is 0 Å². The van der Waals surface area contributed by atoms with Crippen molar-refractivity contribution in [2.24, 2.45) is 0 Å². The average Bonchev–Trinajstić information content (AvgIpc) is 3.99. The Labute approximate surface area is 294 Å². The first-order valence-corrected chi connectivity index (χ1v) is 16.9. The highest BCUT2D eigenvalue weighted by molar-refractivity contribution is 6.88. The Morgan fingerprint density at radius 3 is 0.902 bits per heavy atom. The van der Waals surface area contributed by atoms with Gasteiger partial charge in [0, 0.05) is 33.1 Å². The van der Waals surface area contributed by atoms with Crippen molar-refractivity contribution in [3.8, 4) is 33.4 Å². The average molecular weight is 660 g/mol. The third-order valence-corrected chi connectivity index (χ3v) is 9.82. The zero-order valence-electron chi connectivity index (χ0n) is 27.3. The molecule has 51 heavy (non-hydrogen) atoms. The molecule has 6 nitrogen and oxygen atoms in total. The van der Waals surface area contributed by atoms with Crippen LogP contribution in [0.1, 0.15) is 0 Å². The Kier molecular flexibility index (Phi) is 7.27. The second-order valence-corrected chi connectivity index (χ2v) is 12.7. The fourth-order valence-corrected chi connectivity index (χ4v) is 7.38. The Bertz CT molecular complexity index is 2380. The summed E-state index contributed by atoms with van der Waals surface area (Å²) in [6.45, 7) is 0. The molecule has 3 aromatic heterocycles. The molecule has 0 radical (unpaired) electrons. The largest absolute Gasteiger partial charge is 0.472 e. The first-order chi connectivity index (χ1) is 25.3. The van der Waals surface area contributed by atoms with Crippen LogP contribution in [0.25, 0.3) is 65.7 Å². The maximum atomic E-state index is 6.77. The first kappa shape index (κ1) is 29.9. The van der Waals surface area contributed by atoms with Gasteiger partial charge in [-0.05, 0) is 49.0 Å². The van der Waals surface area contributed by atoms with Crippen LogP contribution < -0.4 is 16.4 Å². The molecule has 0 saturated carbocycles. The smallest absolute Gasteiger partial charge is 0.470 e. The van der Waals surface area contributed by atoms with Crippen LogP contribution in [0.5, 0.6) is 0 Å². The Morgan fingerprint density at radius 1 is 0.275 bits per heavy atom. The summed E-state index contributed by atoms with van der Waals surface area (Å²) in [4.78, 5) is 0. The fourth-order valence-electron chi connectivity index (χ4n) is 7.38. The minimum atomic E-state index is -0.869. The zero-order chi connectivity index (χ0) is 33.7. The van der Waals surface area contributed by atoms with Crippen LogP contribution in [0.4, 0.5) is 0 Å². The van der Waals surface area contributed by atoms with E-state index in [2.05, 4.69) is 91.0 Å². The Morgan fingerprint density at radius 2 is 0.569 bits per heavy atom. The van der Waals surface area contributed by atoms with Gasteiger partial charge in [0.2, 0.25) is 0 Å². The van der Waals surface area contributed by atoms with Crippen LogP contribution in [0, 0.1) is 0 Å². The van der Waals surface area contributed by atoms with Crippen LogP contribution in [-0.4, -0.2) is 21.4 Å². The lowest BCUT2D eigenvalue weighted by molar-refractivity contribution is 0.308. The summed E-state index contributed by atoms with van der Waals surface area (Å²) in [6, 6.07) is 43.6. The summed E-state index contributed by atoms with van der Waals surface area (Å²) in [7, 11) is -2.61. The molecule has 1 aliphatic rings. The van der Waals surface area contributed by atoms with Gasteiger partial charge < -0.3 is 27.0 Å². The standard InChI is InChI=1S/C42H27B3O6/c1-4-16-31-28(10-1)13-7-19-34(31)37-22-46-25-40(37)43-49-44(41-26-47-23-38(41)35-20-8-14-29-11-2-5-17-32(29)35)51-45(50-43)42-27-48-24-39(42)36-21-9-15-30-12-3-6-18-33(30)36/h1-27H. The molecule has 4 heterocycles. The van der Waals surface area contributed by atoms with Crippen LogP contribution in [0.3, 0.4) is 0 Å². The van der Waals surface area contributed by atoms with E-state index in [1.54, 1.807) is 37.6 Å². The van der Waals surface area contributed by atoms with Gasteiger partial charge in [-0.25, -0.2) is 0 Å². The first-order valence-electron chi connectivity index (χ1n) is 16.9. The molecule has 1 saturated heterocycles. The van der Waals surface area contributed by atoms with Crippen molar-refractivity contribution < 1.29 is 27.0 Å². The summed E-state index contributed by atoms with van der Waals surface area (Å²) in [6.07, 6.45) is 10.3. The van der Waals surface area contributed by atoms with Crippen LogP contribution in [0.15, 0.2) is 178 Å². The second kappa shape index (κ2) is 12.4. The van der Waals surface area contributed by atoms with Crippen molar-refractivity contribution in [1.29, 1.82) is 0 Å². The quantitative estimate of drug-likeness (QED) is 0.167. The van der Waals surface area contributed by atoms with E-state index in [4.69, 9.17) is 27.0 Å². The second-order valence-electron chi connectivity index (χ2n) is 12.7. The summed E-state index contributed by atoms with van der Waals surface area (Å²) in [5, 5.41) is 6.69. The number of hydrogen-bond acceptors (Lipinski definition) is 6. The third kappa shape index (κ3) is 5.13. The predicted molar refractivity (Wildman–Crippen MR) is 204 cm³/mol. The highest BCUT2D eigenvalue weighted by atomic mass is 16.7. The molecule has 0 N–H and O–H groups in total. The van der Waals surface area contributed by atoms with Gasteiger partial charge in [0.25, 0.3) is 0 Å². The molecule has 1 fully saturated rings. The Hall–Kier alpha value is -5.99. The van der Waals surface area contributed by atoms with Crippen molar-refractivity contribution in [2.75, 3.05) is 0 Å². The SMILES string of the molecule is c1ccc2c(-c3cocc3B3OB(c4cocc4-c4cccc5ccccc45)OB(c4cocc4-c4cccc5ccccc45)O3)cccc2c1. The van der Waals surface area contributed by atoms with Crippen LogP contribution in [-0.2, 0) is 13.7 Å². The molecule has 0 aliphatic carbocycles. The number of hydrogen-bond donors (Lipinski definition) is 0. The molecule has 10 rings (SSSR count). The Balaban J connectivity index is 1.11. The van der Waals surface area contributed by atoms with Crippen molar-refractivity contribution in [3.05, 3.63) is 165 Å². The molecule has 9 heteroatoms. The van der Waals surface area contributed by atoms with E-state index in [-0.39, 0.29) is 0 Å². The van der Waals surface area contributed by atoms with Gasteiger partial charge in [0.1, 0.15) is 0 Å². The van der Waals surface area contributed by atoms with Crippen molar-refractivity contribution in [1.82, 2.24) is 0 Å². The lowest BCUT2D eigenvalue weighted by Gasteiger charge is -2.31. The molecule has 9 aromatic rings. The molecule has 240 valence electrons. The van der Waals surface area contributed by atoms with Gasteiger partial charge in [-0.3, -0.25) is 0 Å². The number of fused-ring (bicyclic) bond motifs is 3. The van der Waals surface area contributed by atoms with E-state index in [0.29, 0.717) is 0 Å². The van der Waals surface area contributed by atoms with Gasteiger partial charge >= 0.3 is 21.4 Å². The zero-order valence-corrected chi connectivity index (χ0v) is 27.3. The van der Waals surface area contributed by atoms with Gasteiger partial charge in [0.15, 0.2) is 0 Å². The number of rotatable bonds is 6. The van der Waals surface area contributed by atoms with Gasteiger partial charge in [-0.2, -0.15) is 0 Å². The molecule has 0 bridgehead atoms. The fraction of sp³-hybridized carbons (Fsp3) is 0. The molecular formula is C42H27B3O6. The lowest BCUT2D eigenvalue weighted by Crippen LogP contribution is -2.61. The van der Waals surface area contributed by atoms with E-state index >= 15 is 0 Å². The van der Waals surface area contributed by atoms with E-state index in [0.717, 1.165) is 82.1 Å². The maximum absolute atomic E-state index is 6.77. The maximum Gasteiger partial charge on any atom is 0.470 e. The minimum Gasteiger partial charge on any atom is -0.472 e. The van der Waals surface area contributed by atoms with Crippen molar-refractivity contribution >= 4 is 70.1 Å². The predicted octanol–water partition coefficient (Wildman–Crippen LogP) is 8.48. The molecule has 0 amide bonds. The highest BCUT2D eigenvalue weighted by Gasteiger charge is 2.47. The molecule has 0 spiro atoms. The monoisotopic (exact) mass is 660 g/mol. The molecule has 1 aliphatic heterocycles. The molecule has 0 unspecified atom stereocenters. The van der Waals surface area contributed by atoms with E-state index in [9.17, 15) is 0 Å². The van der Waals surface area contributed by atoms with Crippen molar-refractivity contribution in [3.63, 3.8) is 0 Å². The van der Waals surface area contributed by atoms with Crippen molar-refractivity contribution in [2.45, 2.75) is 0 Å². The summed E-state index contributed by atoms with van der Waals surface area (Å²) in [5.41, 5.74) is 7.91. The third-order valence-electron chi connectivity index (χ3n) is 9.82. The molecule has 6 aromatic carbocycles. The van der Waals surface area contributed by atoms with E-state index in [1.807, 2.05) is 36.4 Å². The molecular weight excluding hydrogens is 633 g/mol. The summed E-state index contributed by atoms with van der Waals surface area (Å²) < 4.78 is 38.0. The summed E-state index contributed by atoms with van der Waals surface area (Å²) >= 11 is 0. The van der Waals surface area contributed by atoms with E-state index < -0.39 is 21.4 Å². The van der Waals surface area contributed by atoms with Gasteiger partial charge in [-0.1, -0.05) is 127 Å². The van der Waals surface area contributed by atoms with Crippen LogP contribution in [0.2, 0.25) is 0 Å². The topological polar surface area (TPSA) is 67.1 Å². The summed E-state index contributed by atoms with van der Waals surface area (Å²) in [5.74, 6) is 0. The molecule has 0 atom stereocenters. The van der Waals surface area contributed by atoms with Gasteiger partial charge in [0.05, 0.1) is 37.6 Å². The highest BCUT2D eigenvalue weighted by Crippen LogP contribution is 2.33. The number of furan rings is 3.